The van der Waals surface area contributed by atoms with Gasteiger partial charge >= 0.3 is 0 Å². The molecular weight excluding hydrogens is 223 g/mol. The van der Waals surface area contributed by atoms with Crippen LogP contribution in [0.15, 0.2) is 35.0 Å². The minimum Gasteiger partial charge on any atom is -0.439 e. The molecule has 3 rings (SSSR count). The molecule has 0 radical (unpaired) electrons. The quantitative estimate of drug-likeness (QED) is 0.731. The molecule has 0 aliphatic rings. The molecule has 0 unspecified atom stereocenters. The standard InChI is InChI=1S/C11H9FN4O/c12-7-1-2-10-9(3-7)15-11(17-10)6-16-5-8(13)4-14-16/h1-5H,6,13H2. The molecule has 0 saturated heterocycles. The molecule has 0 saturated carbocycles. The van der Waals surface area contributed by atoms with E-state index in [-0.39, 0.29) is 5.82 Å². The van der Waals surface area contributed by atoms with Crippen LogP contribution in [0.25, 0.3) is 11.1 Å². The van der Waals surface area contributed by atoms with Gasteiger partial charge in [-0.3, -0.25) is 4.68 Å². The van der Waals surface area contributed by atoms with Crippen molar-refractivity contribution in [2.24, 2.45) is 0 Å². The SMILES string of the molecule is Nc1cnn(Cc2nc3cc(F)ccc3o2)c1. The minimum absolute atomic E-state index is 0.333. The summed E-state index contributed by atoms with van der Waals surface area (Å²) in [5.41, 5.74) is 7.18. The van der Waals surface area contributed by atoms with Crippen molar-refractivity contribution in [3.63, 3.8) is 0 Å². The van der Waals surface area contributed by atoms with Gasteiger partial charge in [-0.05, 0) is 12.1 Å². The van der Waals surface area contributed by atoms with E-state index in [0.717, 1.165) is 0 Å². The van der Waals surface area contributed by atoms with E-state index < -0.39 is 0 Å². The third-order valence-corrected chi connectivity index (χ3v) is 2.34. The maximum Gasteiger partial charge on any atom is 0.217 e. The number of fused-ring (bicyclic) bond motifs is 1. The molecule has 17 heavy (non-hydrogen) atoms. The molecule has 0 aliphatic carbocycles. The van der Waals surface area contributed by atoms with Crippen LogP contribution in [0.2, 0.25) is 0 Å². The highest BCUT2D eigenvalue weighted by atomic mass is 19.1. The van der Waals surface area contributed by atoms with Crippen molar-refractivity contribution in [2.75, 3.05) is 5.73 Å². The second-order valence-corrected chi connectivity index (χ2v) is 3.69. The Bertz CT molecular complexity index is 673. The summed E-state index contributed by atoms with van der Waals surface area (Å²) in [5.74, 6) is 0.134. The molecule has 86 valence electrons. The summed E-state index contributed by atoms with van der Waals surface area (Å²) in [6.07, 6.45) is 3.22. The number of halogens is 1. The summed E-state index contributed by atoms with van der Waals surface area (Å²) < 4.78 is 20.0. The molecule has 2 N–H and O–H groups in total. The minimum atomic E-state index is -0.333. The Morgan fingerprint density at radius 3 is 3.06 bits per heavy atom. The smallest absolute Gasteiger partial charge is 0.217 e. The van der Waals surface area contributed by atoms with E-state index in [9.17, 15) is 4.39 Å². The Balaban J connectivity index is 1.95. The normalized spacial score (nSPS) is 11.1. The van der Waals surface area contributed by atoms with Gasteiger partial charge in [0.05, 0.1) is 11.9 Å². The third-order valence-electron chi connectivity index (χ3n) is 2.34. The molecule has 0 atom stereocenters. The zero-order valence-electron chi connectivity index (χ0n) is 8.80. The van der Waals surface area contributed by atoms with E-state index >= 15 is 0 Å². The molecule has 0 spiro atoms. The van der Waals surface area contributed by atoms with Crippen molar-refractivity contribution < 1.29 is 8.81 Å². The van der Waals surface area contributed by atoms with Crippen LogP contribution >= 0.6 is 0 Å². The third kappa shape index (κ3) is 1.84. The lowest BCUT2D eigenvalue weighted by Gasteiger charge is -1.94. The summed E-state index contributed by atoms with van der Waals surface area (Å²) >= 11 is 0. The molecule has 5 nitrogen and oxygen atoms in total. The van der Waals surface area contributed by atoms with Gasteiger partial charge < -0.3 is 10.2 Å². The average Bonchev–Trinajstić information content (AvgIpc) is 2.84. The zero-order valence-corrected chi connectivity index (χ0v) is 8.80. The molecular formula is C11H9FN4O. The van der Waals surface area contributed by atoms with Crippen molar-refractivity contribution in [1.82, 2.24) is 14.8 Å². The monoisotopic (exact) mass is 232 g/mol. The number of nitrogen functional groups attached to an aromatic ring is 1. The first-order chi connectivity index (χ1) is 8.20. The highest BCUT2D eigenvalue weighted by molar-refractivity contribution is 5.72. The molecule has 0 fully saturated rings. The van der Waals surface area contributed by atoms with Gasteiger partial charge in [0.2, 0.25) is 5.89 Å². The lowest BCUT2D eigenvalue weighted by molar-refractivity contribution is 0.491. The molecule has 1 aromatic carbocycles. The van der Waals surface area contributed by atoms with Gasteiger partial charge in [0.25, 0.3) is 0 Å². The number of oxazole rings is 1. The summed E-state index contributed by atoms with van der Waals surface area (Å²) in [4.78, 5) is 4.17. The number of anilines is 1. The van der Waals surface area contributed by atoms with Crippen LogP contribution in [0, 0.1) is 5.82 Å². The van der Waals surface area contributed by atoms with E-state index in [1.807, 2.05) is 0 Å². The first-order valence-electron chi connectivity index (χ1n) is 5.03. The van der Waals surface area contributed by atoms with Crippen LogP contribution in [0.5, 0.6) is 0 Å². The molecule has 3 aromatic rings. The molecule has 2 heterocycles. The van der Waals surface area contributed by atoms with Crippen LogP contribution in [0.3, 0.4) is 0 Å². The van der Waals surface area contributed by atoms with Gasteiger partial charge in [-0.15, -0.1) is 0 Å². The number of aromatic nitrogens is 3. The van der Waals surface area contributed by atoms with E-state index in [4.69, 9.17) is 10.2 Å². The van der Waals surface area contributed by atoms with E-state index in [0.29, 0.717) is 29.2 Å². The van der Waals surface area contributed by atoms with Crippen molar-refractivity contribution in [2.45, 2.75) is 6.54 Å². The Kier molecular flexibility index (Phi) is 2.07. The van der Waals surface area contributed by atoms with Crippen LogP contribution in [-0.2, 0) is 6.54 Å². The lowest BCUT2D eigenvalue weighted by atomic mass is 10.3. The van der Waals surface area contributed by atoms with Gasteiger partial charge in [-0.1, -0.05) is 0 Å². The number of nitrogens with two attached hydrogens (primary N) is 1. The van der Waals surface area contributed by atoms with E-state index in [1.165, 1.54) is 12.1 Å². The average molecular weight is 232 g/mol. The van der Waals surface area contributed by atoms with E-state index in [1.54, 1.807) is 23.1 Å². The van der Waals surface area contributed by atoms with E-state index in [2.05, 4.69) is 10.1 Å². The molecule has 0 amide bonds. The van der Waals surface area contributed by atoms with Crippen LogP contribution in [0.4, 0.5) is 10.1 Å². The second-order valence-electron chi connectivity index (χ2n) is 3.69. The van der Waals surface area contributed by atoms with Gasteiger partial charge in [-0.25, -0.2) is 9.37 Å². The Hall–Kier alpha value is -2.37. The van der Waals surface area contributed by atoms with Crippen molar-refractivity contribution in [3.8, 4) is 0 Å². The topological polar surface area (TPSA) is 69.9 Å². The first-order valence-corrected chi connectivity index (χ1v) is 5.03. The zero-order chi connectivity index (χ0) is 11.8. The summed E-state index contributed by atoms with van der Waals surface area (Å²) in [7, 11) is 0. The number of benzene rings is 1. The van der Waals surface area contributed by atoms with Gasteiger partial charge in [0.15, 0.2) is 5.58 Å². The largest absolute Gasteiger partial charge is 0.439 e. The summed E-state index contributed by atoms with van der Waals surface area (Å²) in [5, 5.41) is 4.02. The van der Waals surface area contributed by atoms with Gasteiger partial charge in [0, 0.05) is 12.3 Å². The lowest BCUT2D eigenvalue weighted by Crippen LogP contribution is -1.99. The predicted molar refractivity (Wildman–Crippen MR) is 59.7 cm³/mol. The van der Waals surface area contributed by atoms with Crippen molar-refractivity contribution in [3.05, 3.63) is 42.3 Å². The molecule has 2 aromatic heterocycles. The molecule has 0 bridgehead atoms. The second kappa shape index (κ2) is 3.58. The van der Waals surface area contributed by atoms with Crippen molar-refractivity contribution >= 4 is 16.8 Å². The number of rotatable bonds is 2. The Morgan fingerprint density at radius 2 is 2.29 bits per heavy atom. The predicted octanol–water partition coefficient (Wildman–Crippen LogP) is 1.79. The molecule has 0 aliphatic heterocycles. The number of nitrogens with zero attached hydrogens (tertiary/aromatic N) is 3. The maximum absolute atomic E-state index is 13.0. The number of hydrogen-bond donors (Lipinski definition) is 1. The van der Waals surface area contributed by atoms with Crippen LogP contribution < -0.4 is 5.73 Å². The Morgan fingerprint density at radius 1 is 1.41 bits per heavy atom. The summed E-state index contributed by atoms with van der Waals surface area (Å²) in [6.45, 7) is 0.369. The fraction of sp³-hybridized carbons (Fsp3) is 0.0909. The molecule has 6 heteroatoms. The van der Waals surface area contributed by atoms with Gasteiger partial charge in [-0.2, -0.15) is 5.10 Å². The van der Waals surface area contributed by atoms with Crippen LogP contribution in [0.1, 0.15) is 5.89 Å². The fourth-order valence-electron chi connectivity index (χ4n) is 1.62. The van der Waals surface area contributed by atoms with Crippen LogP contribution in [-0.4, -0.2) is 14.8 Å². The summed E-state index contributed by atoms with van der Waals surface area (Å²) in [6, 6.07) is 4.22. The Labute approximate surface area is 95.7 Å². The van der Waals surface area contributed by atoms with Gasteiger partial charge in [0.1, 0.15) is 17.9 Å². The fourth-order valence-corrected chi connectivity index (χ4v) is 1.62. The maximum atomic E-state index is 13.0. The number of hydrogen-bond acceptors (Lipinski definition) is 4. The first kappa shape index (κ1) is 9.83. The highest BCUT2D eigenvalue weighted by Gasteiger charge is 2.07. The highest BCUT2D eigenvalue weighted by Crippen LogP contribution is 2.17. The van der Waals surface area contributed by atoms with Crippen molar-refractivity contribution in [1.29, 1.82) is 0 Å².